The Bertz CT molecular complexity index is 859. The van der Waals surface area contributed by atoms with Crippen LogP contribution in [0.25, 0.3) is 0 Å². The molecule has 0 aliphatic carbocycles. The summed E-state index contributed by atoms with van der Waals surface area (Å²) in [4.78, 5) is 33.9. The molecule has 1 saturated heterocycles. The Kier molecular flexibility index (Phi) is 6.25. The summed E-state index contributed by atoms with van der Waals surface area (Å²) in [5.74, 6) is 0.806. The predicted molar refractivity (Wildman–Crippen MR) is 115 cm³/mol. The second-order valence-corrected chi connectivity index (χ2v) is 9.13. The molecule has 0 spiro atoms. The summed E-state index contributed by atoms with van der Waals surface area (Å²) in [6.45, 7) is 5.27. The van der Waals surface area contributed by atoms with Gasteiger partial charge in [-0.1, -0.05) is 30.3 Å². The zero-order valence-corrected chi connectivity index (χ0v) is 17.7. The number of rotatable bonds is 5. The normalized spacial score (nSPS) is 17.8. The summed E-state index contributed by atoms with van der Waals surface area (Å²) in [5, 5.41) is 3.43. The Labute approximate surface area is 175 Å². The highest BCUT2D eigenvalue weighted by molar-refractivity contribution is 7.15. The van der Waals surface area contributed by atoms with E-state index >= 15 is 0 Å². The number of likely N-dealkylation sites (tertiary alicyclic amines) is 1. The van der Waals surface area contributed by atoms with Crippen LogP contribution in [0.2, 0.25) is 0 Å². The van der Waals surface area contributed by atoms with E-state index in [1.807, 2.05) is 4.90 Å². The maximum Gasteiger partial charge on any atom is 0.236 e. The largest absolute Gasteiger partial charge is 0.342 e. The van der Waals surface area contributed by atoms with Crippen molar-refractivity contribution < 1.29 is 9.59 Å². The molecule has 4 rings (SSSR count). The van der Waals surface area contributed by atoms with Crippen LogP contribution >= 0.6 is 11.3 Å². The van der Waals surface area contributed by atoms with E-state index in [9.17, 15) is 9.59 Å². The molecule has 2 aromatic rings. The highest BCUT2D eigenvalue weighted by Crippen LogP contribution is 2.28. The van der Waals surface area contributed by atoms with Crippen molar-refractivity contribution in [3.8, 4) is 0 Å². The van der Waals surface area contributed by atoms with Crippen LogP contribution in [-0.2, 0) is 29.0 Å². The number of thiazole rings is 1. The lowest BCUT2D eigenvalue weighted by Crippen LogP contribution is -2.45. The van der Waals surface area contributed by atoms with Gasteiger partial charge >= 0.3 is 0 Å². The number of nitrogens with zero attached hydrogens (tertiary/aromatic N) is 3. The molecule has 1 N–H and O–H groups in total. The number of nitrogens with one attached hydrogen (secondary N) is 1. The molecular formula is C22H28N4O2S. The van der Waals surface area contributed by atoms with Crippen LogP contribution < -0.4 is 5.32 Å². The minimum Gasteiger partial charge on any atom is -0.342 e. The molecule has 0 atom stereocenters. The molecule has 2 aliphatic rings. The summed E-state index contributed by atoms with van der Waals surface area (Å²) in [5.41, 5.74) is 2.45. The predicted octanol–water partition coefficient (Wildman–Crippen LogP) is 2.94. The Morgan fingerprint density at radius 1 is 1.17 bits per heavy atom. The first kappa shape index (κ1) is 20.0. The first-order valence-corrected chi connectivity index (χ1v) is 11.2. The highest BCUT2D eigenvalue weighted by Gasteiger charge is 2.27. The SMILES string of the molecule is CC(=O)Nc1nc2c(s1)CN(CC(=O)N1CCC(Cc3ccccc3)CC1)CC2. The van der Waals surface area contributed by atoms with Gasteiger partial charge in [-0.2, -0.15) is 0 Å². The zero-order chi connectivity index (χ0) is 20.2. The topological polar surface area (TPSA) is 65.5 Å². The lowest BCUT2D eigenvalue weighted by Gasteiger charge is -2.34. The quantitative estimate of drug-likeness (QED) is 0.820. The minimum atomic E-state index is -0.0983. The van der Waals surface area contributed by atoms with Gasteiger partial charge in [-0.25, -0.2) is 4.98 Å². The standard InChI is InChI=1S/C22H28N4O2S/c1-16(27)23-22-24-19-9-10-25(14-20(19)29-22)15-21(28)26-11-7-18(8-12-26)13-17-5-3-2-4-6-17/h2-6,18H,7-15H2,1H3,(H,23,24,27). The third-order valence-corrected chi connectivity index (χ3v) is 6.78. The summed E-state index contributed by atoms with van der Waals surface area (Å²) in [7, 11) is 0. The molecule has 154 valence electrons. The summed E-state index contributed by atoms with van der Waals surface area (Å²) < 4.78 is 0. The number of benzene rings is 1. The highest BCUT2D eigenvalue weighted by atomic mass is 32.1. The number of aromatic nitrogens is 1. The van der Waals surface area contributed by atoms with Gasteiger partial charge in [0.1, 0.15) is 0 Å². The molecule has 2 amide bonds. The minimum absolute atomic E-state index is 0.0983. The maximum absolute atomic E-state index is 12.8. The Morgan fingerprint density at radius 2 is 1.93 bits per heavy atom. The van der Waals surface area contributed by atoms with Gasteiger partial charge in [0.25, 0.3) is 0 Å². The van der Waals surface area contributed by atoms with Gasteiger partial charge in [-0.3, -0.25) is 14.5 Å². The molecule has 0 bridgehead atoms. The molecule has 0 radical (unpaired) electrons. The molecule has 6 nitrogen and oxygen atoms in total. The monoisotopic (exact) mass is 412 g/mol. The first-order chi connectivity index (χ1) is 14.1. The molecule has 1 aromatic carbocycles. The average Bonchev–Trinajstić information content (AvgIpc) is 3.10. The summed E-state index contributed by atoms with van der Waals surface area (Å²) in [6.07, 6.45) is 4.11. The molecule has 7 heteroatoms. The van der Waals surface area contributed by atoms with Crippen molar-refractivity contribution in [2.75, 3.05) is 31.5 Å². The number of carbonyl (C=O) groups is 2. The number of hydrogen-bond acceptors (Lipinski definition) is 5. The molecule has 2 aliphatic heterocycles. The van der Waals surface area contributed by atoms with E-state index in [2.05, 4.69) is 45.5 Å². The molecule has 0 unspecified atom stereocenters. The van der Waals surface area contributed by atoms with Crippen LogP contribution in [0.3, 0.4) is 0 Å². The number of piperidine rings is 1. The van der Waals surface area contributed by atoms with E-state index in [0.717, 1.165) is 62.4 Å². The maximum atomic E-state index is 12.8. The van der Waals surface area contributed by atoms with Crippen molar-refractivity contribution in [2.24, 2.45) is 5.92 Å². The molecule has 3 heterocycles. The van der Waals surface area contributed by atoms with Crippen molar-refractivity contribution in [1.82, 2.24) is 14.8 Å². The lowest BCUT2D eigenvalue weighted by atomic mass is 9.90. The van der Waals surface area contributed by atoms with Gasteiger partial charge in [0.2, 0.25) is 11.8 Å². The van der Waals surface area contributed by atoms with Gasteiger partial charge in [0.15, 0.2) is 5.13 Å². The lowest BCUT2D eigenvalue weighted by molar-refractivity contribution is -0.134. The summed E-state index contributed by atoms with van der Waals surface area (Å²) >= 11 is 1.52. The van der Waals surface area contributed by atoms with Gasteiger partial charge in [-0.05, 0) is 30.7 Å². The average molecular weight is 413 g/mol. The van der Waals surface area contributed by atoms with Crippen molar-refractivity contribution in [2.45, 2.75) is 39.2 Å². The fourth-order valence-corrected chi connectivity index (χ4v) is 5.31. The van der Waals surface area contributed by atoms with Crippen LogP contribution in [-0.4, -0.2) is 52.8 Å². The smallest absolute Gasteiger partial charge is 0.236 e. The van der Waals surface area contributed by atoms with Gasteiger partial charge in [-0.15, -0.1) is 11.3 Å². The van der Waals surface area contributed by atoms with Crippen molar-refractivity contribution in [3.05, 3.63) is 46.5 Å². The second kappa shape index (κ2) is 9.05. The van der Waals surface area contributed by atoms with Crippen LogP contribution in [0, 0.1) is 5.92 Å². The summed E-state index contributed by atoms with van der Waals surface area (Å²) in [6, 6.07) is 10.6. The molecule has 1 fully saturated rings. The van der Waals surface area contributed by atoms with E-state index in [0.29, 0.717) is 17.6 Å². The van der Waals surface area contributed by atoms with E-state index < -0.39 is 0 Å². The van der Waals surface area contributed by atoms with Crippen molar-refractivity contribution in [3.63, 3.8) is 0 Å². The first-order valence-electron chi connectivity index (χ1n) is 10.4. The van der Waals surface area contributed by atoms with Gasteiger partial charge < -0.3 is 10.2 Å². The third kappa shape index (κ3) is 5.22. The van der Waals surface area contributed by atoms with Crippen molar-refractivity contribution >= 4 is 28.3 Å². The van der Waals surface area contributed by atoms with Gasteiger partial charge in [0, 0.05) is 44.4 Å². The molecular weight excluding hydrogens is 384 g/mol. The number of amides is 2. The second-order valence-electron chi connectivity index (χ2n) is 8.04. The molecule has 29 heavy (non-hydrogen) atoms. The number of anilines is 1. The van der Waals surface area contributed by atoms with Crippen LogP contribution in [0.1, 0.15) is 35.9 Å². The number of carbonyl (C=O) groups excluding carboxylic acids is 2. The fraction of sp³-hybridized carbons (Fsp3) is 0.500. The van der Waals surface area contributed by atoms with Crippen LogP contribution in [0.4, 0.5) is 5.13 Å². The number of fused-ring (bicyclic) bond motifs is 1. The van der Waals surface area contributed by atoms with Gasteiger partial charge in [0.05, 0.1) is 12.2 Å². The van der Waals surface area contributed by atoms with Crippen molar-refractivity contribution in [1.29, 1.82) is 0 Å². The van der Waals surface area contributed by atoms with Crippen LogP contribution in [0.5, 0.6) is 0 Å². The number of hydrogen-bond donors (Lipinski definition) is 1. The Balaban J connectivity index is 1.25. The molecule has 1 aromatic heterocycles. The Morgan fingerprint density at radius 3 is 2.66 bits per heavy atom. The Hall–Kier alpha value is -2.25. The van der Waals surface area contributed by atoms with E-state index in [4.69, 9.17) is 0 Å². The zero-order valence-electron chi connectivity index (χ0n) is 16.9. The van der Waals surface area contributed by atoms with Crippen LogP contribution in [0.15, 0.2) is 30.3 Å². The van der Waals surface area contributed by atoms with E-state index in [1.54, 1.807) is 0 Å². The van der Waals surface area contributed by atoms with E-state index in [1.165, 1.54) is 23.8 Å². The molecule has 0 saturated carbocycles. The fourth-order valence-electron chi connectivity index (χ4n) is 4.21. The third-order valence-electron chi connectivity index (χ3n) is 5.79. The van der Waals surface area contributed by atoms with E-state index in [-0.39, 0.29) is 11.8 Å².